The van der Waals surface area contributed by atoms with E-state index in [0.29, 0.717) is 0 Å². The second kappa shape index (κ2) is 4.61. The highest BCUT2D eigenvalue weighted by Crippen LogP contribution is 2.16. The lowest BCUT2D eigenvalue weighted by atomic mass is 10.3. The summed E-state index contributed by atoms with van der Waals surface area (Å²) in [4.78, 5) is 41.7. The molecule has 0 atom stereocenters. The van der Waals surface area contributed by atoms with Crippen LogP contribution in [-0.2, 0) is 4.74 Å². The zero-order valence-electron chi connectivity index (χ0n) is 10.6. The van der Waals surface area contributed by atoms with Crippen molar-refractivity contribution in [3.8, 4) is 0 Å². The Morgan fingerprint density at radius 3 is 2.50 bits per heavy atom. The molecule has 0 bridgehead atoms. The van der Waals surface area contributed by atoms with E-state index >= 15 is 0 Å². The number of fused-ring (bicyclic) bond motifs is 1. The summed E-state index contributed by atoms with van der Waals surface area (Å²) < 4.78 is 5.80. The average molecular weight is 278 g/mol. The normalized spacial score (nSPS) is 10.5. The number of carbonyl (C=O) groups is 3. The lowest BCUT2D eigenvalue weighted by Crippen LogP contribution is -2.16. The van der Waals surface area contributed by atoms with Gasteiger partial charge in [0.25, 0.3) is 5.91 Å². The lowest BCUT2D eigenvalue weighted by Gasteiger charge is -2.06. The Morgan fingerprint density at radius 1 is 1.35 bits per heavy atom. The number of carboxylic acids is 1. The first-order valence-electron chi connectivity index (χ1n) is 5.38. The third-order valence-corrected chi connectivity index (χ3v) is 2.61. The minimum atomic E-state index is -1.35. The molecule has 1 amide bonds. The van der Waals surface area contributed by atoms with Crippen molar-refractivity contribution in [1.29, 1.82) is 0 Å². The molecule has 2 aromatic rings. The van der Waals surface area contributed by atoms with Crippen LogP contribution in [0.25, 0.3) is 5.65 Å². The smallest absolute Gasteiger partial charge is 0.355 e. The summed E-state index contributed by atoms with van der Waals surface area (Å²) in [6, 6.07) is 1.04. The zero-order chi connectivity index (χ0) is 15.0. The highest BCUT2D eigenvalue weighted by molar-refractivity contribution is 5.99. The number of aromatic nitrogens is 3. The van der Waals surface area contributed by atoms with Crippen LogP contribution in [0.15, 0.2) is 6.07 Å². The Morgan fingerprint density at radius 2 is 2.00 bits per heavy atom. The molecule has 0 saturated carbocycles. The Labute approximate surface area is 112 Å². The van der Waals surface area contributed by atoms with Gasteiger partial charge in [-0.05, 0) is 6.92 Å². The molecule has 0 saturated heterocycles. The fourth-order valence-electron chi connectivity index (χ4n) is 1.78. The number of imidazole rings is 1. The first-order valence-corrected chi connectivity index (χ1v) is 5.38. The SMILES string of the molecule is COC(=O)c1cc(C(=O)O)nc2c(C(N)=O)nc(C)n12. The van der Waals surface area contributed by atoms with Crippen molar-refractivity contribution in [1.82, 2.24) is 14.4 Å². The monoisotopic (exact) mass is 278 g/mol. The number of nitrogens with zero attached hydrogens (tertiary/aromatic N) is 3. The van der Waals surface area contributed by atoms with Crippen molar-refractivity contribution in [2.24, 2.45) is 5.73 Å². The maximum atomic E-state index is 11.7. The number of hydrogen-bond acceptors (Lipinski definition) is 6. The van der Waals surface area contributed by atoms with Crippen molar-refractivity contribution in [3.05, 3.63) is 29.0 Å². The van der Waals surface area contributed by atoms with Gasteiger partial charge < -0.3 is 15.6 Å². The number of aromatic carboxylic acids is 1. The van der Waals surface area contributed by atoms with E-state index in [2.05, 4.69) is 14.7 Å². The van der Waals surface area contributed by atoms with Gasteiger partial charge in [-0.2, -0.15) is 0 Å². The van der Waals surface area contributed by atoms with Crippen molar-refractivity contribution < 1.29 is 24.2 Å². The fourth-order valence-corrected chi connectivity index (χ4v) is 1.78. The molecule has 0 aliphatic rings. The van der Waals surface area contributed by atoms with Crippen LogP contribution in [0.1, 0.15) is 37.3 Å². The van der Waals surface area contributed by atoms with Gasteiger partial charge in [-0.3, -0.25) is 9.20 Å². The van der Waals surface area contributed by atoms with E-state index in [9.17, 15) is 14.4 Å². The number of methoxy groups -OCH3 is 1. The number of esters is 1. The fraction of sp³-hybridized carbons (Fsp3) is 0.182. The van der Waals surface area contributed by atoms with E-state index in [0.717, 1.165) is 13.2 Å². The van der Waals surface area contributed by atoms with E-state index in [-0.39, 0.29) is 22.9 Å². The van der Waals surface area contributed by atoms with Crippen LogP contribution in [0.5, 0.6) is 0 Å². The van der Waals surface area contributed by atoms with Gasteiger partial charge in [0.15, 0.2) is 17.0 Å². The van der Waals surface area contributed by atoms with Gasteiger partial charge in [0.1, 0.15) is 11.5 Å². The van der Waals surface area contributed by atoms with Gasteiger partial charge in [0, 0.05) is 6.07 Å². The van der Waals surface area contributed by atoms with Gasteiger partial charge in [0.2, 0.25) is 0 Å². The van der Waals surface area contributed by atoms with Crippen LogP contribution in [0, 0.1) is 6.92 Å². The molecule has 0 aromatic carbocycles. The minimum Gasteiger partial charge on any atom is -0.477 e. The van der Waals surface area contributed by atoms with Crippen LogP contribution >= 0.6 is 0 Å². The number of nitrogens with two attached hydrogens (primary N) is 1. The third kappa shape index (κ3) is 1.94. The number of aryl methyl sites for hydroxylation is 1. The molecule has 2 heterocycles. The average Bonchev–Trinajstić information content (AvgIpc) is 2.74. The Hall–Kier alpha value is -2.97. The molecular formula is C11H10N4O5. The molecule has 0 aliphatic carbocycles. The van der Waals surface area contributed by atoms with E-state index in [1.165, 1.54) is 11.3 Å². The molecule has 0 radical (unpaired) electrons. The summed E-state index contributed by atoms with van der Waals surface area (Å²) in [6.07, 6.45) is 0. The molecule has 2 aromatic heterocycles. The molecule has 3 N–H and O–H groups in total. The van der Waals surface area contributed by atoms with E-state index in [1.807, 2.05) is 0 Å². The molecule has 9 heteroatoms. The first-order chi connectivity index (χ1) is 9.36. The van der Waals surface area contributed by atoms with Crippen LogP contribution in [0.4, 0.5) is 0 Å². The highest BCUT2D eigenvalue weighted by atomic mass is 16.5. The van der Waals surface area contributed by atoms with E-state index in [4.69, 9.17) is 10.8 Å². The lowest BCUT2D eigenvalue weighted by molar-refractivity contribution is 0.0591. The summed E-state index contributed by atoms with van der Waals surface area (Å²) >= 11 is 0. The highest BCUT2D eigenvalue weighted by Gasteiger charge is 2.23. The quantitative estimate of drug-likeness (QED) is 0.730. The first kappa shape index (κ1) is 13.5. The molecule has 0 fully saturated rings. The largest absolute Gasteiger partial charge is 0.477 e. The van der Waals surface area contributed by atoms with Gasteiger partial charge in [-0.15, -0.1) is 0 Å². The second-order valence-electron chi connectivity index (χ2n) is 3.85. The second-order valence-corrected chi connectivity index (χ2v) is 3.85. The van der Waals surface area contributed by atoms with E-state index in [1.54, 1.807) is 0 Å². The number of carbonyl (C=O) groups excluding carboxylic acids is 2. The number of primary amides is 1. The predicted octanol–water partition coefficient (Wildman–Crippen LogP) is -0.379. The molecule has 20 heavy (non-hydrogen) atoms. The van der Waals surface area contributed by atoms with Crippen LogP contribution in [0.2, 0.25) is 0 Å². The molecular weight excluding hydrogens is 268 g/mol. The molecule has 9 nitrogen and oxygen atoms in total. The predicted molar refractivity (Wildman–Crippen MR) is 64.5 cm³/mol. The maximum absolute atomic E-state index is 11.7. The number of hydrogen-bond donors (Lipinski definition) is 2. The zero-order valence-corrected chi connectivity index (χ0v) is 10.6. The van der Waals surface area contributed by atoms with Gasteiger partial charge in [0.05, 0.1) is 7.11 Å². The number of carboxylic acid groups (broad SMARTS) is 1. The van der Waals surface area contributed by atoms with Gasteiger partial charge in [-0.25, -0.2) is 19.6 Å². The number of amides is 1. The number of rotatable bonds is 3. The van der Waals surface area contributed by atoms with Crippen molar-refractivity contribution in [2.45, 2.75) is 6.92 Å². The van der Waals surface area contributed by atoms with Crippen LogP contribution < -0.4 is 5.73 Å². The summed E-state index contributed by atoms with van der Waals surface area (Å²) in [6.45, 7) is 1.52. The molecule has 0 unspecified atom stereocenters. The van der Waals surface area contributed by atoms with Crippen LogP contribution in [0.3, 0.4) is 0 Å². The summed E-state index contributed by atoms with van der Waals surface area (Å²) in [5, 5.41) is 9.00. The summed E-state index contributed by atoms with van der Waals surface area (Å²) in [7, 11) is 1.15. The number of ether oxygens (including phenoxy) is 1. The third-order valence-electron chi connectivity index (χ3n) is 2.61. The topological polar surface area (TPSA) is 137 Å². The van der Waals surface area contributed by atoms with Crippen molar-refractivity contribution >= 4 is 23.5 Å². The Balaban J connectivity index is 2.93. The van der Waals surface area contributed by atoms with E-state index < -0.39 is 23.5 Å². The molecule has 2 rings (SSSR count). The molecule has 0 aliphatic heterocycles. The minimum absolute atomic E-state index is 0.102. The standard InChI is InChI=1S/C11H10N4O5/c1-4-13-7(8(12)16)9-14-5(10(17)18)3-6(15(4)9)11(19)20-2/h3H,1-2H3,(H2,12,16)(H,17,18). The van der Waals surface area contributed by atoms with Crippen molar-refractivity contribution in [3.63, 3.8) is 0 Å². The summed E-state index contributed by atoms with van der Waals surface area (Å²) in [5.74, 6) is -2.75. The van der Waals surface area contributed by atoms with Crippen molar-refractivity contribution in [2.75, 3.05) is 7.11 Å². The van der Waals surface area contributed by atoms with Gasteiger partial charge >= 0.3 is 11.9 Å². The van der Waals surface area contributed by atoms with Gasteiger partial charge in [-0.1, -0.05) is 0 Å². The molecule has 104 valence electrons. The maximum Gasteiger partial charge on any atom is 0.355 e. The van der Waals surface area contributed by atoms with Crippen LogP contribution in [-0.4, -0.2) is 44.4 Å². The molecule has 0 spiro atoms. The summed E-state index contributed by atoms with van der Waals surface area (Å²) in [5.41, 5.74) is 4.33. The Kier molecular flexibility index (Phi) is 3.10. The Bertz CT molecular complexity index is 749.